The highest BCUT2D eigenvalue weighted by Gasteiger charge is 2.58. The first-order valence-corrected chi connectivity index (χ1v) is 22.3. The van der Waals surface area contributed by atoms with Gasteiger partial charge in [-0.1, -0.05) is 64.7 Å². The predicted molar refractivity (Wildman–Crippen MR) is 219 cm³/mol. The third-order valence-electron chi connectivity index (χ3n) is 10.7. The van der Waals surface area contributed by atoms with Gasteiger partial charge in [0.05, 0.1) is 18.3 Å². The molecule has 3 fully saturated rings. The second-order valence-corrected chi connectivity index (χ2v) is 16.4. The topological polar surface area (TPSA) is 239 Å². The number of carbonyl (C=O) groups excluding carboxylic acids is 7. The van der Waals surface area contributed by atoms with E-state index in [0.29, 0.717) is 6.42 Å². The molecule has 20 heteroatoms. The van der Waals surface area contributed by atoms with Gasteiger partial charge in [0.2, 0.25) is 0 Å². The van der Waals surface area contributed by atoms with Crippen LogP contribution in [0, 0.1) is 0 Å². The summed E-state index contributed by atoms with van der Waals surface area (Å²) in [5, 5.41) is 0. The van der Waals surface area contributed by atoms with Gasteiger partial charge in [-0.3, -0.25) is 33.6 Å². The van der Waals surface area contributed by atoms with E-state index in [0.717, 1.165) is 60.8 Å². The van der Waals surface area contributed by atoms with E-state index >= 15 is 0 Å². The summed E-state index contributed by atoms with van der Waals surface area (Å²) in [6.07, 6.45) is -9.30. The number of unbranched alkanes of at least 4 members (excludes halogenated alkanes) is 9. The Balaban J connectivity index is 1.96. The molecule has 3 saturated heterocycles. The van der Waals surface area contributed by atoms with Crippen molar-refractivity contribution in [2.45, 2.75) is 232 Å². The molecule has 3 heterocycles. The maximum atomic E-state index is 12.8. The Labute approximate surface area is 375 Å². The molecule has 0 radical (unpaired) electrons. The van der Waals surface area contributed by atoms with Crippen LogP contribution in [0.4, 0.5) is 0 Å². The summed E-state index contributed by atoms with van der Waals surface area (Å²) in [5.74, 6) is -5.56. The van der Waals surface area contributed by atoms with Crippen molar-refractivity contribution in [1.29, 1.82) is 0 Å². The Morgan fingerprint density at radius 1 is 0.344 bits per heavy atom. The molecule has 0 aromatic rings. The van der Waals surface area contributed by atoms with E-state index in [9.17, 15) is 33.6 Å². The lowest BCUT2D eigenvalue weighted by molar-refractivity contribution is -0.375. The molecule has 366 valence electrons. The second kappa shape index (κ2) is 26.9. The van der Waals surface area contributed by atoms with Crippen LogP contribution in [0.3, 0.4) is 0 Å². The van der Waals surface area contributed by atoms with E-state index in [4.69, 9.17) is 61.6 Å². The van der Waals surface area contributed by atoms with Gasteiger partial charge in [-0.05, 0) is 27.2 Å². The van der Waals surface area contributed by atoms with Crippen LogP contribution in [0.15, 0.2) is 0 Å². The van der Waals surface area contributed by atoms with Gasteiger partial charge in [0.25, 0.3) is 0 Å². The first kappa shape index (κ1) is 54.4. The third kappa shape index (κ3) is 17.1. The molecule has 0 aromatic heterocycles. The van der Waals surface area contributed by atoms with Crippen LogP contribution in [0.5, 0.6) is 0 Å². The Kier molecular flexibility index (Phi) is 22.8. The monoisotopic (exact) mass is 918 g/mol. The molecule has 3 aliphatic rings. The molecule has 0 spiro atoms. The van der Waals surface area contributed by atoms with Crippen molar-refractivity contribution >= 4 is 41.8 Å². The van der Waals surface area contributed by atoms with Crippen LogP contribution in [-0.4, -0.2) is 141 Å². The van der Waals surface area contributed by atoms with Crippen LogP contribution >= 0.6 is 0 Å². The minimum absolute atomic E-state index is 0.258. The zero-order valence-electron chi connectivity index (χ0n) is 39.1. The lowest BCUT2D eigenvalue weighted by Gasteiger charge is -2.50. The smallest absolute Gasteiger partial charge is 0.303 e. The summed E-state index contributed by atoms with van der Waals surface area (Å²) in [4.78, 5) is 87.5. The van der Waals surface area contributed by atoms with Crippen LogP contribution < -0.4 is 0 Å². The molecule has 3 aliphatic heterocycles. The molecular weight excluding hydrogens is 848 g/mol. The van der Waals surface area contributed by atoms with E-state index in [-0.39, 0.29) is 6.61 Å². The number of hydrogen-bond acceptors (Lipinski definition) is 20. The molecule has 64 heavy (non-hydrogen) atoms. The Hall–Kier alpha value is -3.95. The van der Waals surface area contributed by atoms with Crippen molar-refractivity contribution < 1.29 is 95.1 Å². The largest absolute Gasteiger partial charge is 0.457 e. The molecule has 0 aliphatic carbocycles. The third-order valence-corrected chi connectivity index (χ3v) is 10.7. The molecule has 3 rings (SSSR count). The Morgan fingerprint density at radius 3 is 1.05 bits per heavy atom. The van der Waals surface area contributed by atoms with E-state index < -0.39 is 134 Å². The number of esters is 7. The molecule has 0 unspecified atom stereocenters. The molecule has 20 nitrogen and oxygen atoms in total. The van der Waals surface area contributed by atoms with Crippen LogP contribution in [-0.2, 0) is 95.1 Å². The van der Waals surface area contributed by atoms with Gasteiger partial charge in [0, 0.05) is 55.1 Å². The summed E-state index contributed by atoms with van der Waals surface area (Å²) < 4.78 is 77.0. The van der Waals surface area contributed by atoms with Crippen LogP contribution in [0.2, 0.25) is 0 Å². The van der Waals surface area contributed by atoms with E-state index in [1.165, 1.54) is 59.3 Å². The van der Waals surface area contributed by atoms with Crippen molar-refractivity contribution in [2.24, 2.45) is 0 Å². The number of rotatable bonds is 23. The number of carbonyl (C=O) groups is 7. The fraction of sp³-hybridized carbons (Fsp3) is 0.841. The average molecular weight is 919 g/mol. The van der Waals surface area contributed by atoms with Crippen molar-refractivity contribution in [1.82, 2.24) is 0 Å². The minimum atomic E-state index is -1.66. The average Bonchev–Trinajstić information content (AvgIpc) is 3.17. The minimum Gasteiger partial charge on any atom is -0.457 e. The van der Waals surface area contributed by atoms with Gasteiger partial charge in [-0.2, -0.15) is 0 Å². The molecule has 0 aromatic carbocycles. The SMILES string of the molecule is CCCCCCCCCCCCO[C@@H]1O[C@@H](C)[C@H](O[C@@H]2O[C@@H](C)[C@H](OC(C)=O)[C@@H](O[C@@H]3O[C@@H](C)[C@H](OC(C)=O)[C@@H](OC(C)=O)[C@H]3OC(C)=O)[C@H]2OC(C)=O)[C@@H](OC(C)=O)[C@H]1OC(C)=O. The summed E-state index contributed by atoms with van der Waals surface area (Å²) in [7, 11) is 0. The fourth-order valence-electron chi connectivity index (χ4n) is 8.02. The normalized spacial score (nSPS) is 32.6. The summed E-state index contributed by atoms with van der Waals surface area (Å²) in [6.45, 7) is 14.9. The standard InChI is InChI=1S/C44H70O20/c1-12-13-14-15-16-17-18-19-20-21-22-52-42-39(60-30(9)49)37(59-29(8)48)35(25(4)53-42)63-43-41(62-32(11)51)38(34(24(3)54-43)57-27(6)46)64-44-40(61-31(10)50)36(58-28(7)47)33(23(2)55-44)56-26(5)45/h23-25,33-44H,12-22H2,1-11H3/t23-,24-,25-,33-,34-,35-,36+,37+,38+,39+,40+,41+,42+,43-,44-/m0/s1. The zero-order valence-corrected chi connectivity index (χ0v) is 39.1. The number of ether oxygens (including phenoxy) is 13. The van der Waals surface area contributed by atoms with Gasteiger partial charge in [-0.25, -0.2) is 0 Å². The van der Waals surface area contributed by atoms with Crippen molar-refractivity contribution in [3.05, 3.63) is 0 Å². The van der Waals surface area contributed by atoms with Gasteiger partial charge >= 0.3 is 41.8 Å². The Morgan fingerprint density at radius 2 is 0.625 bits per heavy atom. The summed E-state index contributed by atoms with van der Waals surface area (Å²) >= 11 is 0. The molecule has 0 saturated carbocycles. The first-order valence-electron chi connectivity index (χ1n) is 22.3. The van der Waals surface area contributed by atoms with Crippen LogP contribution in [0.1, 0.15) is 140 Å². The van der Waals surface area contributed by atoms with Gasteiger partial charge < -0.3 is 61.6 Å². The molecule has 0 N–H and O–H groups in total. The van der Waals surface area contributed by atoms with E-state index in [2.05, 4.69) is 6.92 Å². The molecular formula is C44H70O20. The fourth-order valence-corrected chi connectivity index (χ4v) is 8.02. The predicted octanol–water partition coefficient (Wildman–Crippen LogP) is 4.45. The first-order chi connectivity index (χ1) is 30.2. The highest BCUT2D eigenvalue weighted by molar-refractivity contribution is 5.69. The van der Waals surface area contributed by atoms with Crippen molar-refractivity contribution in [3.8, 4) is 0 Å². The lowest BCUT2D eigenvalue weighted by Crippen LogP contribution is -2.67. The van der Waals surface area contributed by atoms with Gasteiger partial charge in [-0.15, -0.1) is 0 Å². The quantitative estimate of drug-likeness (QED) is 0.0781. The number of hydrogen-bond donors (Lipinski definition) is 0. The molecule has 0 amide bonds. The maximum Gasteiger partial charge on any atom is 0.303 e. The van der Waals surface area contributed by atoms with Crippen molar-refractivity contribution in [2.75, 3.05) is 6.61 Å². The summed E-state index contributed by atoms with van der Waals surface area (Å²) in [6, 6.07) is 0. The molecule has 0 bridgehead atoms. The van der Waals surface area contributed by atoms with E-state index in [1.54, 1.807) is 6.92 Å². The molecule has 15 atom stereocenters. The maximum absolute atomic E-state index is 12.8. The highest BCUT2D eigenvalue weighted by Crippen LogP contribution is 2.38. The van der Waals surface area contributed by atoms with Gasteiger partial charge in [0.1, 0.15) is 12.2 Å². The second-order valence-electron chi connectivity index (χ2n) is 16.4. The lowest BCUT2D eigenvalue weighted by atomic mass is 9.95. The summed E-state index contributed by atoms with van der Waals surface area (Å²) in [5.41, 5.74) is 0. The zero-order chi connectivity index (χ0) is 47.7. The van der Waals surface area contributed by atoms with Crippen LogP contribution in [0.25, 0.3) is 0 Å². The Bertz CT molecular complexity index is 1540. The van der Waals surface area contributed by atoms with E-state index in [1.807, 2.05) is 0 Å². The van der Waals surface area contributed by atoms with Crippen molar-refractivity contribution in [3.63, 3.8) is 0 Å². The highest BCUT2D eigenvalue weighted by atomic mass is 16.8. The van der Waals surface area contributed by atoms with Gasteiger partial charge in [0.15, 0.2) is 61.6 Å².